The Bertz CT molecular complexity index is 490. The van der Waals surface area contributed by atoms with E-state index < -0.39 is 0 Å². The van der Waals surface area contributed by atoms with Crippen molar-refractivity contribution in [3.63, 3.8) is 0 Å². The molecule has 1 aromatic heterocycles. The Morgan fingerprint density at radius 1 is 1.05 bits per heavy atom. The third-order valence-electron chi connectivity index (χ3n) is 3.36. The zero-order valence-electron chi connectivity index (χ0n) is 12.1. The minimum Gasteiger partial charge on any atom is -0.314 e. The molecule has 3 heteroatoms. The normalized spacial score (nSPS) is 12.8. The maximum Gasteiger partial charge on any atom is 0.0175 e. The van der Waals surface area contributed by atoms with E-state index in [-0.39, 0.29) is 0 Å². The molecule has 0 amide bonds. The summed E-state index contributed by atoms with van der Waals surface area (Å²) >= 11 is 5.29. The monoisotopic (exact) mass is 351 g/mol. The largest absolute Gasteiger partial charge is 0.314 e. The van der Waals surface area contributed by atoms with Gasteiger partial charge in [-0.2, -0.15) is 11.3 Å². The van der Waals surface area contributed by atoms with Crippen molar-refractivity contribution in [1.29, 1.82) is 0 Å². The Morgan fingerprint density at radius 2 is 1.75 bits per heavy atom. The van der Waals surface area contributed by atoms with Crippen molar-refractivity contribution < 1.29 is 0 Å². The summed E-state index contributed by atoms with van der Waals surface area (Å²) in [5, 5.41) is 8.02. The zero-order chi connectivity index (χ0) is 14.4. The van der Waals surface area contributed by atoms with E-state index in [1.54, 1.807) is 11.3 Å². The van der Waals surface area contributed by atoms with Gasteiger partial charge < -0.3 is 5.32 Å². The molecule has 0 spiro atoms. The van der Waals surface area contributed by atoms with E-state index in [2.05, 4.69) is 76.2 Å². The Morgan fingerprint density at radius 3 is 2.35 bits per heavy atom. The molecule has 0 aliphatic rings. The van der Waals surface area contributed by atoms with Crippen LogP contribution in [0.25, 0.3) is 0 Å². The van der Waals surface area contributed by atoms with Crippen LogP contribution in [-0.4, -0.2) is 12.6 Å². The lowest BCUT2D eigenvalue weighted by atomic mass is 9.93. The van der Waals surface area contributed by atoms with Gasteiger partial charge in [0.2, 0.25) is 0 Å². The van der Waals surface area contributed by atoms with Gasteiger partial charge in [0.05, 0.1) is 0 Å². The highest BCUT2D eigenvalue weighted by Crippen LogP contribution is 2.18. The van der Waals surface area contributed by atoms with Crippen molar-refractivity contribution in [1.82, 2.24) is 5.32 Å². The van der Waals surface area contributed by atoms with Crippen LogP contribution in [0.1, 0.15) is 25.0 Å². The van der Waals surface area contributed by atoms with Gasteiger partial charge in [0.25, 0.3) is 0 Å². The van der Waals surface area contributed by atoms with Crippen molar-refractivity contribution in [3.8, 4) is 0 Å². The molecule has 0 saturated heterocycles. The number of nitrogens with one attached hydrogen (secondary N) is 1. The summed E-state index contributed by atoms with van der Waals surface area (Å²) in [5.41, 5.74) is 2.88. The van der Waals surface area contributed by atoms with Gasteiger partial charge in [-0.25, -0.2) is 0 Å². The van der Waals surface area contributed by atoms with E-state index >= 15 is 0 Å². The van der Waals surface area contributed by atoms with Crippen LogP contribution in [0.4, 0.5) is 0 Å². The molecule has 2 rings (SSSR count). The number of hydrogen-bond donors (Lipinski definition) is 1. The van der Waals surface area contributed by atoms with Crippen LogP contribution in [-0.2, 0) is 12.8 Å². The van der Waals surface area contributed by atoms with E-state index in [0.29, 0.717) is 12.0 Å². The summed E-state index contributed by atoms with van der Waals surface area (Å²) in [5.74, 6) is 0.646. The second kappa shape index (κ2) is 7.96. The summed E-state index contributed by atoms with van der Waals surface area (Å²) in [4.78, 5) is 0. The van der Waals surface area contributed by atoms with Crippen LogP contribution < -0.4 is 5.32 Å². The lowest BCUT2D eigenvalue weighted by Crippen LogP contribution is -2.31. The van der Waals surface area contributed by atoms with E-state index in [4.69, 9.17) is 0 Å². The highest BCUT2D eigenvalue weighted by molar-refractivity contribution is 9.10. The number of halogens is 1. The van der Waals surface area contributed by atoms with Crippen molar-refractivity contribution in [2.45, 2.75) is 32.7 Å². The first-order valence-corrected chi connectivity index (χ1v) is 8.86. The topological polar surface area (TPSA) is 12.0 Å². The number of rotatable bonds is 7. The Labute approximate surface area is 134 Å². The van der Waals surface area contributed by atoms with Gasteiger partial charge in [0.1, 0.15) is 0 Å². The van der Waals surface area contributed by atoms with Gasteiger partial charge in [-0.3, -0.25) is 0 Å². The highest BCUT2D eigenvalue weighted by Gasteiger charge is 2.12. The van der Waals surface area contributed by atoms with Gasteiger partial charge in [0.15, 0.2) is 0 Å². The fourth-order valence-electron chi connectivity index (χ4n) is 2.31. The third-order valence-corrected chi connectivity index (χ3v) is 4.62. The molecule has 1 atom stereocenters. The lowest BCUT2D eigenvalue weighted by Gasteiger charge is -2.19. The molecule has 20 heavy (non-hydrogen) atoms. The highest BCUT2D eigenvalue weighted by atomic mass is 79.9. The van der Waals surface area contributed by atoms with Crippen LogP contribution >= 0.6 is 27.3 Å². The van der Waals surface area contributed by atoms with Crippen LogP contribution in [0, 0.1) is 5.92 Å². The molecule has 0 radical (unpaired) electrons. The van der Waals surface area contributed by atoms with E-state index in [9.17, 15) is 0 Å². The molecule has 0 aliphatic heterocycles. The van der Waals surface area contributed by atoms with Gasteiger partial charge in [-0.05, 0) is 65.4 Å². The molecule has 0 fully saturated rings. The standard InChI is InChI=1S/C17H22BrNS/c1-13(2)19-11-16(10-15-7-8-20-12-15)9-14-3-5-17(18)6-4-14/h3-8,12-13,16,19H,9-11H2,1-2H3. The first-order valence-electron chi connectivity index (χ1n) is 7.12. The summed E-state index contributed by atoms with van der Waals surface area (Å²) in [7, 11) is 0. The molecule has 1 aromatic carbocycles. The minimum atomic E-state index is 0.546. The molecule has 2 aromatic rings. The fraction of sp³-hybridized carbons (Fsp3) is 0.412. The zero-order valence-corrected chi connectivity index (χ0v) is 14.5. The predicted molar refractivity (Wildman–Crippen MR) is 92.5 cm³/mol. The Hall–Kier alpha value is -0.640. The third kappa shape index (κ3) is 5.39. The van der Waals surface area contributed by atoms with Crippen LogP contribution in [0.3, 0.4) is 0 Å². The second-order valence-electron chi connectivity index (χ2n) is 5.60. The summed E-state index contributed by atoms with van der Waals surface area (Å²) < 4.78 is 1.15. The van der Waals surface area contributed by atoms with Crippen molar-refractivity contribution >= 4 is 27.3 Å². The molecular formula is C17H22BrNS. The van der Waals surface area contributed by atoms with Gasteiger partial charge in [-0.15, -0.1) is 0 Å². The van der Waals surface area contributed by atoms with Gasteiger partial charge in [-0.1, -0.05) is 41.9 Å². The molecule has 1 heterocycles. The molecular weight excluding hydrogens is 330 g/mol. The van der Waals surface area contributed by atoms with E-state index in [0.717, 1.165) is 23.9 Å². The molecule has 1 unspecified atom stereocenters. The van der Waals surface area contributed by atoms with Crippen molar-refractivity contribution in [2.75, 3.05) is 6.54 Å². The van der Waals surface area contributed by atoms with Gasteiger partial charge >= 0.3 is 0 Å². The molecule has 1 nitrogen and oxygen atoms in total. The first-order chi connectivity index (χ1) is 9.63. The average Bonchev–Trinajstić information content (AvgIpc) is 2.91. The molecule has 0 saturated carbocycles. The van der Waals surface area contributed by atoms with Crippen molar-refractivity contribution in [2.24, 2.45) is 5.92 Å². The Balaban J connectivity index is 1.99. The predicted octanol–water partition coefficient (Wildman–Crippen LogP) is 4.91. The molecule has 0 bridgehead atoms. The number of benzene rings is 1. The molecule has 0 aliphatic carbocycles. The maximum absolute atomic E-state index is 3.58. The molecule has 1 N–H and O–H groups in total. The Kier molecular flexibility index (Phi) is 6.27. The maximum atomic E-state index is 3.58. The summed E-state index contributed by atoms with van der Waals surface area (Å²) in [6, 6.07) is 11.5. The smallest absolute Gasteiger partial charge is 0.0175 e. The average molecular weight is 352 g/mol. The minimum absolute atomic E-state index is 0.546. The van der Waals surface area contributed by atoms with Crippen molar-refractivity contribution in [3.05, 3.63) is 56.7 Å². The summed E-state index contributed by atoms with van der Waals surface area (Å²) in [6.45, 7) is 5.49. The number of thiophene rings is 1. The first kappa shape index (κ1) is 15.7. The van der Waals surface area contributed by atoms with Gasteiger partial charge in [0, 0.05) is 10.5 Å². The molecule has 108 valence electrons. The lowest BCUT2D eigenvalue weighted by molar-refractivity contribution is 0.444. The van der Waals surface area contributed by atoms with Crippen LogP contribution in [0.5, 0.6) is 0 Å². The summed E-state index contributed by atoms with van der Waals surface area (Å²) in [6.07, 6.45) is 2.28. The number of hydrogen-bond acceptors (Lipinski definition) is 2. The second-order valence-corrected chi connectivity index (χ2v) is 7.29. The van der Waals surface area contributed by atoms with E-state index in [1.807, 2.05) is 0 Å². The van der Waals surface area contributed by atoms with E-state index in [1.165, 1.54) is 11.1 Å². The quantitative estimate of drug-likeness (QED) is 0.747. The fourth-order valence-corrected chi connectivity index (χ4v) is 3.26. The van der Waals surface area contributed by atoms with Crippen LogP contribution in [0.15, 0.2) is 45.6 Å². The van der Waals surface area contributed by atoms with Crippen LogP contribution in [0.2, 0.25) is 0 Å². The SMILES string of the molecule is CC(C)NCC(Cc1ccc(Br)cc1)Cc1ccsc1.